The molecule has 0 aromatic heterocycles. The fraction of sp³-hybridized carbons (Fsp3) is 0.958. The van der Waals surface area contributed by atoms with Crippen LogP contribution in [0.5, 0.6) is 0 Å². The van der Waals surface area contributed by atoms with Crippen molar-refractivity contribution in [3.63, 3.8) is 0 Å². The van der Waals surface area contributed by atoms with Crippen LogP contribution in [0, 0.1) is 17.8 Å². The summed E-state index contributed by atoms with van der Waals surface area (Å²) in [5, 5.41) is 0. The van der Waals surface area contributed by atoms with E-state index in [1.807, 2.05) is 0 Å². The summed E-state index contributed by atoms with van der Waals surface area (Å²) < 4.78 is 8.95. The number of carbonyl (C=O) groups excluding carboxylic acids is 1. The van der Waals surface area contributed by atoms with Gasteiger partial charge in [-0.05, 0) is 0 Å². The third-order valence-electron chi connectivity index (χ3n) is 6.29. The third-order valence-corrected chi connectivity index (χ3v) is 14.7. The van der Waals surface area contributed by atoms with Crippen LogP contribution in [-0.2, 0) is 7.87 Å². The molecule has 3 heteroatoms. The molecule has 0 saturated carbocycles. The van der Waals surface area contributed by atoms with E-state index in [-0.39, 0.29) is 11.9 Å². The Morgan fingerprint density at radius 1 is 0.704 bits per heavy atom. The standard InChI is InChI=1S/C8H16O2.2C8H17.Sn.H/c1-3-5-6-7(4-2)8(9)10;2*1-4-6-7-8(3)5-2;;/h7H,3-6H2,1-2H3,(H,9,10);2*8H,3-7H2,1-2H3;;/q;;;+1;/p-1. The number of carbonyl (C=O) groups is 1. The first-order valence-corrected chi connectivity index (χ1v) is 18.3. The van der Waals surface area contributed by atoms with Gasteiger partial charge in [-0.1, -0.05) is 0 Å². The average molecular weight is 489 g/mol. The van der Waals surface area contributed by atoms with Gasteiger partial charge in [0.05, 0.1) is 0 Å². The average Bonchev–Trinajstić information content (AvgIpc) is 2.68. The zero-order chi connectivity index (χ0) is 20.5. The van der Waals surface area contributed by atoms with Gasteiger partial charge in [-0.2, -0.15) is 0 Å². The van der Waals surface area contributed by atoms with Crippen molar-refractivity contribution in [1.82, 2.24) is 0 Å². The second kappa shape index (κ2) is 18.3. The van der Waals surface area contributed by atoms with Crippen molar-refractivity contribution in [2.45, 2.75) is 127 Å². The van der Waals surface area contributed by atoms with Gasteiger partial charge in [0.25, 0.3) is 0 Å². The number of rotatable bonds is 18. The van der Waals surface area contributed by atoms with Gasteiger partial charge in [0, 0.05) is 0 Å². The molecule has 162 valence electrons. The zero-order valence-corrected chi connectivity index (χ0v) is 22.8. The molecule has 0 heterocycles. The van der Waals surface area contributed by atoms with Crippen LogP contribution in [-0.4, -0.2) is 26.1 Å². The molecule has 2 nitrogen and oxygen atoms in total. The molecule has 0 aromatic carbocycles. The van der Waals surface area contributed by atoms with Gasteiger partial charge in [0.1, 0.15) is 0 Å². The van der Waals surface area contributed by atoms with Crippen LogP contribution >= 0.6 is 0 Å². The van der Waals surface area contributed by atoms with Crippen LogP contribution in [0.4, 0.5) is 0 Å². The summed E-state index contributed by atoms with van der Waals surface area (Å²) in [7, 11) is 0. The van der Waals surface area contributed by atoms with Crippen LogP contribution in [0.1, 0.15) is 119 Å². The minimum atomic E-state index is -2.30. The van der Waals surface area contributed by atoms with Gasteiger partial charge < -0.3 is 0 Å². The van der Waals surface area contributed by atoms with Gasteiger partial charge in [-0.25, -0.2) is 0 Å². The predicted octanol–water partition coefficient (Wildman–Crippen LogP) is 7.90. The van der Waals surface area contributed by atoms with E-state index in [0.717, 1.165) is 31.1 Å². The van der Waals surface area contributed by atoms with Crippen molar-refractivity contribution in [2.24, 2.45) is 17.8 Å². The van der Waals surface area contributed by atoms with E-state index in [2.05, 4.69) is 41.5 Å². The SMILES string of the molecule is CCCCC(CC)[CH2][SnH]([CH2]C(CC)CCCC)[O]C(=O)C(CC)CCCC. The second-order valence-corrected chi connectivity index (χ2v) is 15.5. The molecule has 0 aliphatic heterocycles. The number of hydrogen-bond donors (Lipinski definition) is 0. The van der Waals surface area contributed by atoms with E-state index < -0.39 is 20.2 Å². The summed E-state index contributed by atoms with van der Waals surface area (Å²) in [5.74, 6) is 1.90. The maximum atomic E-state index is 12.9. The molecule has 0 aliphatic carbocycles. The molecule has 0 saturated heterocycles. The molecule has 0 fully saturated rings. The summed E-state index contributed by atoms with van der Waals surface area (Å²) in [4.78, 5) is 12.9. The Morgan fingerprint density at radius 2 is 1.15 bits per heavy atom. The van der Waals surface area contributed by atoms with Crippen molar-refractivity contribution in [1.29, 1.82) is 0 Å². The Morgan fingerprint density at radius 3 is 1.52 bits per heavy atom. The fourth-order valence-corrected chi connectivity index (χ4v) is 14.2. The van der Waals surface area contributed by atoms with Crippen LogP contribution in [0.25, 0.3) is 0 Å². The molecule has 0 bridgehead atoms. The molecule has 0 aliphatic rings. The van der Waals surface area contributed by atoms with Gasteiger partial charge in [0.15, 0.2) is 0 Å². The normalized spacial score (nSPS) is 15.9. The Hall–Kier alpha value is 0.269. The first-order valence-electron chi connectivity index (χ1n) is 12.3. The predicted molar refractivity (Wildman–Crippen MR) is 123 cm³/mol. The van der Waals surface area contributed by atoms with Crippen LogP contribution < -0.4 is 0 Å². The first kappa shape index (κ1) is 27.3. The van der Waals surface area contributed by atoms with E-state index in [1.54, 1.807) is 0 Å². The van der Waals surface area contributed by atoms with Crippen LogP contribution in [0.3, 0.4) is 0 Å². The quantitative estimate of drug-likeness (QED) is 0.183. The molecule has 0 aromatic rings. The monoisotopic (exact) mass is 490 g/mol. The Labute approximate surface area is 178 Å². The zero-order valence-electron chi connectivity index (χ0n) is 19.5. The Balaban J connectivity index is 4.98. The molecule has 0 rings (SSSR count). The maximum absolute atomic E-state index is 12.9. The van der Waals surface area contributed by atoms with Crippen molar-refractivity contribution >= 4 is 26.1 Å². The van der Waals surface area contributed by atoms with Crippen molar-refractivity contribution < 1.29 is 7.87 Å². The summed E-state index contributed by atoms with van der Waals surface area (Å²) in [5.41, 5.74) is 0. The molecular formula is C24H50O2Sn. The summed E-state index contributed by atoms with van der Waals surface area (Å²) in [6.45, 7) is 13.6. The second-order valence-electron chi connectivity index (χ2n) is 8.61. The van der Waals surface area contributed by atoms with Crippen LogP contribution in [0.2, 0.25) is 8.87 Å². The van der Waals surface area contributed by atoms with Crippen molar-refractivity contribution in [3.8, 4) is 0 Å². The molecule has 0 radical (unpaired) electrons. The number of hydrogen-bond acceptors (Lipinski definition) is 2. The van der Waals surface area contributed by atoms with Gasteiger partial charge >= 0.3 is 179 Å². The van der Waals surface area contributed by atoms with Gasteiger partial charge in [0.2, 0.25) is 0 Å². The van der Waals surface area contributed by atoms with E-state index >= 15 is 0 Å². The van der Waals surface area contributed by atoms with Crippen molar-refractivity contribution in [3.05, 3.63) is 0 Å². The summed E-state index contributed by atoms with van der Waals surface area (Å²) >= 11 is -2.30. The molecule has 0 amide bonds. The van der Waals surface area contributed by atoms with Gasteiger partial charge in [-0.15, -0.1) is 0 Å². The summed E-state index contributed by atoms with van der Waals surface area (Å²) in [6, 6.07) is 0. The van der Waals surface area contributed by atoms with Gasteiger partial charge in [-0.3, -0.25) is 0 Å². The molecule has 0 N–H and O–H groups in total. The Kier molecular flexibility index (Phi) is 18.5. The van der Waals surface area contributed by atoms with E-state index in [0.29, 0.717) is 0 Å². The molecule has 27 heavy (non-hydrogen) atoms. The molecule has 0 spiro atoms. The first-order chi connectivity index (χ1) is 13.1. The molecular weight excluding hydrogens is 439 g/mol. The van der Waals surface area contributed by atoms with E-state index in [9.17, 15) is 4.79 Å². The molecule has 3 unspecified atom stereocenters. The van der Waals surface area contributed by atoms with Crippen LogP contribution in [0.15, 0.2) is 0 Å². The number of unbranched alkanes of at least 4 members (excludes halogenated alkanes) is 3. The van der Waals surface area contributed by atoms with E-state index in [1.165, 1.54) is 66.7 Å². The minimum absolute atomic E-state index is 0.149. The Bertz CT molecular complexity index is 327. The van der Waals surface area contributed by atoms with Crippen molar-refractivity contribution in [2.75, 3.05) is 0 Å². The molecule has 3 atom stereocenters. The third kappa shape index (κ3) is 13.2. The topological polar surface area (TPSA) is 26.3 Å². The fourth-order valence-electron chi connectivity index (χ4n) is 4.10. The van der Waals surface area contributed by atoms with E-state index in [4.69, 9.17) is 3.07 Å². The summed E-state index contributed by atoms with van der Waals surface area (Å²) in [6.07, 6.45) is 14.6.